The minimum absolute atomic E-state index is 0.136. The van der Waals surface area contributed by atoms with E-state index < -0.39 is 18.2 Å². The van der Waals surface area contributed by atoms with E-state index in [0.29, 0.717) is 5.92 Å². The highest BCUT2D eigenvalue weighted by Gasteiger charge is 2.21. The first-order valence-corrected chi connectivity index (χ1v) is 5.54. The second-order valence-electron chi connectivity index (χ2n) is 4.39. The lowest BCUT2D eigenvalue weighted by atomic mass is 9.87. The number of carboxylic acid groups (broad SMARTS) is 1. The van der Waals surface area contributed by atoms with Crippen LogP contribution in [0.15, 0.2) is 0 Å². The van der Waals surface area contributed by atoms with Crippen molar-refractivity contribution in [1.82, 2.24) is 10.6 Å². The third-order valence-corrected chi connectivity index (χ3v) is 2.90. The zero-order valence-electron chi connectivity index (χ0n) is 9.40. The lowest BCUT2D eigenvalue weighted by Crippen LogP contribution is -2.53. The third kappa shape index (κ3) is 4.06. The van der Waals surface area contributed by atoms with E-state index in [9.17, 15) is 9.59 Å². The summed E-state index contributed by atoms with van der Waals surface area (Å²) >= 11 is 0. The van der Waals surface area contributed by atoms with Gasteiger partial charge in [-0.3, -0.25) is 0 Å². The van der Waals surface area contributed by atoms with Gasteiger partial charge >= 0.3 is 12.0 Å². The maximum absolute atomic E-state index is 11.3. The standard InChI is InChI=1S/C10H19N3O3/c1-6-2-4-7(5-3-6)12-10(16)13-8(11)9(14)15/h6-8H,2-5,11H2,1H3,(H,14,15)(H2,12,13,16). The molecule has 0 aliphatic heterocycles. The van der Waals surface area contributed by atoms with Crippen molar-refractivity contribution in [2.45, 2.75) is 44.8 Å². The highest BCUT2D eigenvalue weighted by atomic mass is 16.4. The van der Waals surface area contributed by atoms with Crippen LogP contribution in [0, 0.1) is 5.92 Å². The van der Waals surface area contributed by atoms with Gasteiger partial charge in [0.2, 0.25) is 0 Å². The van der Waals surface area contributed by atoms with Crippen molar-refractivity contribution in [3.63, 3.8) is 0 Å². The lowest BCUT2D eigenvalue weighted by Gasteiger charge is -2.27. The van der Waals surface area contributed by atoms with Crippen molar-refractivity contribution in [2.24, 2.45) is 11.7 Å². The molecule has 1 fully saturated rings. The summed E-state index contributed by atoms with van der Waals surface area (Å²) in [4.78, 5) is 21.7. The van der Waals surface area contributed by atoms with E-state index in [1.807, 2.05) is 0 Å². The van der Waals surface area contributed by atoms with E-state index in [0.717, 1.165) is 25.7 Å². The quantitative estimate of drug-likeness (QED) is 0.520. The van der Waals surface area contributed by atoms with Crippen LogP contribution in [-0.2, 0) is 4.79 Å². The largest absolute Gasteiger partial charge is 0.479 e. The van der Waals surface area contributed by atoms with Crippen molar-refractivity contribution in [1.29, 1.82) is 0 Å². The monoisotopic (exact) mass is 229 g/mol. The Morgan fingerprint density at radius 3 is 2.38 bits per heavy atom. The van der Waals surface area contributed by atoms with Gasteiger partial charge in [-0.2, -0.15) is 0 Å². The van der Waals surface area contributed by atoms with E-state index in [1.54, 1.807) is 0 Å². The van der Waals surface area contributed by atoms with Crippen LogP contribution in [0.3, 0.4) is 0 Å². The van der Waals surface area contributed by atoms with Gasteiger partial charge in [-0.1, -0.05) is 6.92 Å². The second-order valence-corrected chi connectivity index (χ2v) is 4.39. The smallest absolute Gasteiger partial charge is 0.341 e. The number of nitrogens with two attached hydrogens (primary N) is 1. The molecular formula is C10H19N3O3. The average molecular weight is 229 g/mol. The molecule has 1 unspecified atom stereocenters. The fourth-order valence-corrected chi connectivity index (χ4v) is 1.83. The lowest BCUT2D eigenvalue weighted by molar-refractivity contribution is -0.139. The Morgan fingerprint density at radius 2 is 1.88 bits per heavy atom. The van der Waals surface area contributed by atoms with Crippen LogP contribution in [-0.4, -0.2) is 29.3 Å². The second kappa shape index (κ2) is 5.69. The van der Waals surface area contributed by atoms with E-state index >= 15 is 0 Å². The minimum atomic E-state index is -1.34. The molecule has 0 radical (unpaired) electrons. The number of nitrogens with one attached hydrogen (secondary N) is 2. The van der Waals surface area contributed by atoms with Gasteiger partial charge in [0.1, 0.15) is 0 Å². The SMILES string of the molecule is CC1CCC(NC(=O)NC(N)C(=O)O)CC1. The minimum Gasteiger partial charge on any atom is -0.479 e. The first-order chi connectivity index (χ1) is 7.49. The van der Waals surface area contributed by atoms with E-state index in [2.05, 4.69) is 17.6 Å². The Balaban J connectivity index is 2.26. The molecule has 0 spiro atoms. The van der Waals surface area contributed by atoms with Gasteiger partial charge in [0.25, 0.3) is 0 Å². The van der Waals surface area contributed by atoms with Gasteiger partial charge < -0.3 is 21.5 Å². The number of carboxylic acids is 1. The molecular weight excluding hydrogens is 210 g/mol. The highest BCUT2D eigenvalue weighted by Crippen LogP contribution is 2.23. The molecule has 1 saturated carbocycles. The Bertz CT molecular complexity index is 262. The predicted molar refractivity (Wildman–Crippen MR) is 58.7 cm³/mol. The Morgan fingerprint density at radius 1 is 1.31 bits per heavy atom. The summed E-state index contributed by atoms with van der Waals surface area (Å²) in [5.74, 6) is -0.533. The Hall–Kier alpha value is -1.30. The van der Waals surface area contributed by atoms with Gasteiger partial charge in [0, 0.05) is 6.04 Å². The van der Waals surface area contributed by atoms with E-state index in [4.69, 9.17) is 10.8 Å². The number of amides is 2. The summed E-state index contributed by atoms with van der Waals surface area (Å²) < 4.78 is 0. The molecule has 0 saturated heterocycles. The van der Waals surface area contributed by atoms with Crippen molar-refractivity contribution in [3.05, 3.63) is 0 Å². The average Bonchev–Trinajstić information content (AvgIpc) is 2.21. The molecule has 1 aliphatic rings. The molecule has 0 heterocycles. The molecule has 5 N–H and O–H groups in total. The number of hydrogen-bond acceptors (Lipinski definition) is 3. The number of rotatable bonds is 3. The Labute approximate surface area is 94.6 Å². The van der Waals surface area contributed by atoms with Gasteiger partial charge in [-0.05, 0) is 31.6 Å². The molecule has 2 amide bonds. The van der Waals surface area contributed by atoms with Crippen molar-refractivity contribution >= 4 is 12.0 Å². The van der Waals surface area contributed by atoms with Crippen LogP contribution in [0.25, 0.3) is 0 Å². The van der Waals surface area contributed by atoms with Gasteiger partial charge in [0.05, 0.1) is 0 Å². The van der Waals surface area contributed by atoms with Crippen LogP contribution in [0.4, 0.5) is 4.79 Å². The third-order valence-electron chi connectivity index (χ3n) is 2.90. The summed E-state index contributed by atoms with van der Waals surface area (Å²) in [6.45, 7) is 2.19. The zero-order chi connectivity index (χ0) is 12.1. The molecule has 6 heteroatoms. The molecule has 0 aromatic rings. The zero-order valence-corrected chi connectivity index (χ0v) is 9.40. The molecule has 0 aromatic heterocycles. The number of aliphatic carboxylic acids is 1. The number of urea groups is 1. The van der Waals surface area contributed by atoms with Crippen LogP contribution < -0.4 is 16.4 Å². The number of carbonyl (C=O) groups is 2. The summed E-state index contributed by atoms with van der Waals surface area (Å²) in [7, 11) is 0. The molecule has 1 rings (SSSR count). The van der Waals surface area contributed by atoms with E-state index in [1.165, 1.54) is 0 Å². The number of hydrogen-bond donors (Lipinski definition) is 4. The fraction of sp³-hybridized carbons (Fsp3) is 0.800. The summed E-state index contributed by atoms with van der Waals surface area (Å²) in [5.41, 5.74) is 5.17. The van der Waals surface area contributed by atoms with Crippen molar-refractivity contribution in [3.8, 4) is 0 Å². The van der Waals surface area contributed by atoms with Gasteiger partial charge in [-0.25, -0.2) is 9.59 Å². The molecule has 0 aromatic carbocycles. The van der Waals surface area contributed by atoms with Crippen LogP contribution in [0.2, 0.25) is 0 Å². The molecule has 6 nitrogen and oxygen atoms in total. The van der Waals surface area contributed by atoms with Gasteiger partial charge in [0.15, 0.2) is 6.17 Å². The van der Waals surface area contributed by atoms with Crippen molar-refractivity contribution < 1.29 is 14.7 Å². The maximum Gasteiger partial charge on any atom is 0.341 e. The summed E-state index contributed by atoms with van der Waals surface area (Å²) in [6, 6.07) is -0.369. The van der Waals surface area contributed by atoms with E-state index in [-0.39, 0.29) is 6.04 Å². The molecule has 1 atom stereocenters. The topological polar surface area (TPSA) is 104 Å². The maximum atomic E-state index is 11.3. The predicted octanol–water partition coefficient (Wildman–Crippen LogP) is 0.234. The molecule has 92 valence electrons. The van der Waals surface area contributed by atoms with Crippen LogP contribution >= 0.6 is 0 Å². The number of carbonyl (C=O) groups excluding carboxylic acids is 1. The summed E-state index contributed by atoms with van der Waals surface area (Å²) in [6.07, 6.45) is 2.72. The normalized spacial score (nSPS) is 26.9. The van der Waals surface area contributed by atoms with Gasteiger partial charge in [-0.15, -0.1) is 0 Å². The molecule has 0 bridgehead atoms. The molecule has 16 heavy (non-hydrogen) atoms. The molecule has 1 aliphatic carbocycles. The highest BCUT2D eigenvalue weighted by molar-refractivity contribution is 5.82. The van der Waals surface area contributed by atoms with Crippen LogP contribution in [0.5, 0.6) is 0 Å². The van der Waals surface area contributed by atoms with Crippen LogP contribution in [0.1, 0.15) is 32.6 Å². The first kappa shape index (κ1) is 12.8. The summed E-state index contributed by atoms with van der Waals surface area (Å²) in [5, 5.41) is 13.4. The Kier molecular flexibility index (Phi) is 4.54. The van der Waals surface area contributed by atoms with Crippen molar-refractivity contribution in [2.75, 3.05) is 0 Å². The first-order valence-electron chi connectivity index (χ1n) is 5.54. The fourth-order valence-electron chi connectivity index (χ4n) is 1.83.